The summed E-state index contributed by atoms with van der Waals surface area (Å²) in [7, 11) is 0. The molecule has 2 aliphatic heterocycles. The second-order valence-electron chi connectivity index (χ2n) is 4.22. The first kappa shape index (κ1) is 12.4. The lowest BCUT2D eigenvalue weighted by Crippen LogP contribution is -2.48. The van der Waals surface area contributed by atoms with Crippen molar-refractivity contribution in [2.75, 3.05) is 6.54 Å². The molecule has 1 saturated heterocycles. The molecule has 0 saturated carbocycles. The summed E-state index contributed by atoms with van der Waals surface area (Å²) in [6.45, 7) is 0.672. The number of unbranched alkanes of at least 4 members (excludes halogenated alkanes) is 2. The number of aliphatic carboxylic acids is 1. The van der Waals surface area contributed by atoms with Gasteiger partial charge in [-0.1, -0.05) is 6.42 Å². The Morgan fingerprint density at radius 3 is 2.82 bits per heavy atom. The van der Waals surface area contributed by atoms with Crippen molar-refractivity contribution < 1.29 is 14.7 Å². The highest BCUT2D eigenvalue weighted by Gasteiger charge is 2.47. The van der Waals surface area contributed by atoms with Gasteiger partial charge >= 0.3 is 5.97 Å². The third kappa shape index (κ3) is 2.32. The van der Waals surface area contributed by atoms with E-state index in [0.717, 1.165) is 30.6 Å². The summed E-state index contributed by atoms with van der Waals surface area (Å²) < 4.78 is 0. The van der Waals surface area contributed by atoms with Gasteiger partial charge in [-0.25, -0.2) is 4.79 Å². The van der Waals surface area contributed by atoms with Crippen LogP contribution in [0.4, 0.5) is 0 Å². The maximum absolute atomic E-state index is 11.3. The monoisotopic (exact) mass is 256 g/mol. The van der Waals surface area contributed by atoms with E-state index in [9.17, 15) is 9.59 Å². The SMILES string of the molecule is NCCCCCC1=C(C(=O)O)N2C(=O)C[C@H]2S1. The van der Waals surface area contributed by atoms with Crippen LogP contribution in [0.25, 0.3) is 0 Å². The minimum absolute atomic E-state index is 0.0399. The van der Waals surface area contributed by atoms with Crippen molar-refractivity contribution in [3.63, 3.8) is 0 Å². The quantitative estimate of drug-likeness (QED) is 0.549. The minimum Gasteiger partial charge on any atom is -0.477 e. The van der Waals surface area contributed by atoms with Crippen LogP contribution >= 0.6 is 11.8 Å². The Kier molecular flexibility index (Phi) is 3.73. The van der Waals surface area contributed by atoms with Crippen molar-refractivity contribution in [3.8, 4) is 0 Å². The third-order valence-electron chi connectivity index (χ3n) is 3.00. The maximum Gasteiger partial charge on any atom is 0.353 e. The number of hydrogen-bond acceptors (Lipinski definition) is 4. The van der Waals surface area contributed by atoms with Gasteiger partial charge in [-0.15, -0.1) is 11.8 Å². The number of fused-ring (bicyclic) bond motifs is 1. The third-order valence-corrected chi connectivity index (χ3v) is 4.33. The number of carbonyl (C=O) groups is 2. The predicted molar refractivity (Wildman–Crippen MR) is 65.0 cm³/mol. The molecule has 0 aromatic heterocycles. The average Bonchev–Trinajstić information content (AvgIpc) is 2.57. The van der Waals surface area contributed by atoms with Gasteiger partial charge in [-0.2, -0.15) is 0 Å². The van der Waals surface area contributed by atoms with E-state index < -0.39 is 5.97 Å². The van der Waals surface area contributed by atoms with Gasteiger partial charge in [0.05, 0.1) is 11.8 Å². The first-order chi connectivity index (χ1) is 8.15. The number of hydrogen-bond donors (Lipinski definition) is 2. The molecule has 6 heteroatoms. The molecule has 94 valence electrons. The van der Waals surface area contributed by atoms with E-state index in [2.05, 4.69) is 0 Å². The number of rotatable bonds is 6. The van der Waals surface area contributed by atoms with Gasteiger partial charge in [-0.05, 0) is 25.8 Å². The Hall–Kier alpha value is -1.01. The van der Waals surface area contributed by atoms with Crippen LogP contribution in [-0.2, 0) is 9.59 Å². The molecule has 1 amide bonds. The van der Waals surface area contributed by atoms with E-state index in [1.165, 1.54) is 16.7 Å². The highest BCUT2D eigenvalue weighted by Crippen LogP contribution is 2.47. The Morgan fingerprint density at radius 1 is 1.47 bits per heavy atom. The van der Waals surface area contributed by atoms with Crippen LogP contribution in [-0.4, -0.2) is 33.8 Å². The molecule has 2 aliphatic rings. The first-order valence-electron chi connectivity index (χ1n) is 5.80. The topological polar surface area (TPSA) is 83.6 Å². The Bertz CT molecular complexity index is 381. The molecular weight excluding hydrogens is 240 g/mol. The summed E-state index contributed by atoms with van der Waals surface area (Å²) in [6.07, 6.45) is 4.11. The zero-order chi connectivity index (χ0) is 12.4. The van der Waals surface area contributed by atoms with Gasteiger partial charge in [-0.3, -0.25) is 9.69 Å². The van der Waals surface area contributed by atoms with Gasteiger partial charge in [0, 0.05) is 4.91 Å². The number of amides is 1. The predicted octanol–water partition coefficient (Wildman–Crippen LogP) is 1.11. The fraction of sp³-hybridized carbons (Fsp3) is 0.636. The number of allylic oxidation sites excluding steroid dienone is 1. The molecule has 0 aromatic carbocycles. The van der Waals surface area contributed by atoms with Crippen LogP contribution in [0.5, 0.6) is 0 Å². The summed E-state index contributed by atoms with van der Waals surface area (Å²) >= 11 is 1.53. The van der Waals surface area contributed by atoms with E-state index >= 15 is 0 Å². The molecule has 17 heavy (non-hydrogen) atoms. The van der Waals surface area contributed by atoms with Gasteiger partial charge in [0.25, 0.3) is 0 Å². The number of nitrogens with two attached hydrogens (primary N) is 1. The Labute approximate surface area is 104 Å². The molecule has 0 spiro atoms. The molecule has 2 heterocycles. The van der Waals surface area contributed by atoms with Crippen LogP contribution in [0.15, 0.2) is 10.6 Å². The number of β-lactam (4-membered cyclic amide) rings is 1. The molecule has 0 aromatic rings. The second-order valence-corrected chi connectivity index (χ2v) is 5.49. The standard InChI is InChI=1S/C11H16N2O3S/c12-5-3-1-2-4-7-10(11(15)16)13-8(14)6-9(13)17-7/h9H,1-6,12H2,(H,15,16)/t9-/m1/s1. The van der Waals surface area contributed by atoms with Crippen LogP contribution in [0.1, 0.15) is 32.1 Å². The van der Waals surface area contributed by atoms with Gasteiger partial charge in [0.15, 0.2) is 0 Å². The minimum atomic E-state index is -0.984. The number of thioether (sulfide) groups is 1. The molecule has 5 nitrogen and oxygen atoms in total. The number of carbonyl (C=O) groups excluding carboxylic acids is 1. The molecular formula is C11H16N2O3S. The molecule has 0 aliphatic carbocycles. The lowest BCUT2D eigenvalue weighted by molar-refractivity contribution is -0.145. The van der Waals surface area contributed by atoms with E-state index in [1.54, 1.807) is 0 Å². The Balaban J connectivity index is 1.99. The fourth-order valence-electron chi connectivity index (χ4n) is 2.11. The van der Waals surface area contributed by atoms with Crippen LogP contribution in [0.2, 0.25) is 0 Å². The smallest absolute Gasteiger partial charge is 0.353 e. The highest BCUT2D eigenvalue weighted by atomic mass is 32.2. The van der Waals surface area contributed by atoms with Crippen LogP contribution in [0.3, 0.4) is 0 Å². The van der Waals surface area contributed by atoms with Crippen LogP contribution in [0, 0.1) is 0 Å². The zero-order valence-electron chi connectivity index (χ0n) is 9.52. The van der Waals surface area contributed by atoms with Gasteiger partial charge in [0.2, 0.25) is 5.91 Å². The molecule has 3 N–H and O–H groups in total. The molecule has 0 radical (unpaired) electrons. The largest absolute Gasteiger partial charge is 0.477 e. The van der Waals surface area contributed by atoms with Crippen molar-refractivity contribution in [2.24, 2.45) is 5.73 Å². The first-order valence-corrected chi connectivity index (χ1v) is 6.68. The van der Waals surface area contributed by atoms with Crippen molar-refractivity contribution in [3.05, 3.63) is 10.6 Å². The molecule has 2 rings (SSSR count). The average molecular weight is 256 g/mol. The molecule has 1 atom stereocenters. The van der Waals surface area contributed by atoms with Crippen molar-refractivity contribution in [1.29, 1.82) is 0 Å². The number of nitrogens with zero attached hydrogens (tertiary/aromatic N) is 1. The van der Waals surface area contributed by atoms with E-state index in [1.807, 2.05) is 0 Å². The van der Waals surface area contributed by atoms with Crippen molar-refractivity contribution in [2.45, 2.75) is 37.5 Å². The summed E-state index contributed by atoms with van der Waals surface area (Å²) in [6, 6.07) is 0. The highest BCUT2D eigenvalue weighted by molar-refractivity contribution is 8.04. The summed E-state index contributed by atoms with van der Waals surface area (Å²) in [5, 5.41) is 9.18. The zero-order valence-corrected chi connectivity index (χ0v) is 10.3. The summed E-state index contributed by atoms with van der Waals surface area (Å²) in [4.78, 5) is 24.8. The fourth-order valence-corrected chi connectivity index (χ4v) is 3.55. The van der Waals surface area contributed by atoms with E-state index in [4.69, 9.17) is 10.8 Å². The summed E-state index contributed by atoms with van der Waals surface area (Å²) in [5.74, 6) is -1.06. The lowest BCUT2D eigenvalue weighted by atomic mass is 10.1. The second kappa shape index (κ2) is 5.10. The summed E-state index contributed by atoms with van der Waals surface area (Å²) in [5.41, 5.74) is 5.62. The van der Waals surface area contributed by atoms with Crippen molar-refractivity contribution in [1.82, 2.24) is 4.90 Å². The molecule has 0 bridgehead atoms. The number of carboxylic acids is 1. The lowest BCUT2D eigenvalue weighted by Gasteiger charge is -2.33. The number of carboxylic acid groups (broad SMARTS) is 1. The Morgan fingerprint density at radius 2 is 2.24 bits per heavy atom. The van der Waals surface area contributed by atoms with Crippen molar-refractivity contribution >= 4 is 23.6 Å². The normalized spacial score (nSPS) is 22.8. The van der Waals surface area contributed by atoms with Gasteiger partial charge in [0.1, 0.15) is 5.70 Å². The van der Waals surface area contributed by atoms with Crippen LogP contribution < -0.4 is 5.73 Å². The van der Waals surface area contributed by atoms with E-state index in [-0.39, 0.29) is 17.0 Å². The van der Waals surface area contributed by atoms with Gasteiger partial charge < -0.3 is 10.8 Å². The molecule has 1 fully saturated rings. The maximum atomic E-state index is 11.3. The molecule has 0 unspecified atom stereocenters. The van der Waals surface area contributed by atoms with E-state index in [0.29, 0.717) is 13.0 Å².